The fourth-order valence-corrected chi connectivity index (χ4v) is 3.82. The van der Waals surface area contributed by atoms with Crippen LogP contribution in [0.25, 0.3) is 16.8 Å². The molecule has 1 fully saturated rings. The minimum absolute atomic E-state index is 0.0568. The van der Waals surface area contributed by atoms with E-state index in [0.717, 1.165) is 29.6 Å². The highest BCUT2D eigenvalue weighted by atomic mass is 16.6. The van der Waals surface area contributed by atoms with Crippen LogP contribution in [0, 0.1) is 0 Å². The molecule has 152 valence electrons. The molecule has 0 saturated carbocycles. The molecular formula is C23H28N4O2. The molecule has 0 unspecified atom stereocenters. The number of piperidine rings is 1. The molecular weight excluding hydrogens is 364 g/mol. The number of rotatable bonds is 2. The SMILES string of the molecule is CC(C)(C)OC(=O)N1CCC(C)(c2ccc(-c3cnc4ccnn4c3)cc2)CC1. The zero-order valence-electron chi connectivity index (χ0n) is 17.6. The summed E-state index contributed by atoms with van der Waals surface area (Å²) in [5.74, 6) is 0. The van der Waals surface area contributed by atoms with Crippen molar-refractivity contribution in [1.29, 1.82) is 0 Å². The molecule has 3 heterocycles. The minimum Gasteiger partial charge on any atom is -0.444 e. The lowest BCUT2D eigenvalue weighted by molar-refractivity contribution is 0.0172. The second-order valence-corrected chi connectivity index (χ2v) is 9.08. The van der Waals surface area contributed by atoms with Crippen LogP contribution in [-0.2, 0) is 10.2 Å². The van der Waals surface area contributed by atoms with Gasteiger partial charge in [-0.15, -0.1) is 0 Å². The Morgan fingerprint density at radius 2 is 1.76 bits per heavy atom. The minimum atomic E-state index is -0.457. The molecule has 0 N–H and O–H groups in total. The Hall–Kier alpha value is -2.89. The molecule has 0 bridgehead atoms. The van der Waals surface area contributed by atoms with E-state index in [-0.39, 0.29) is 11.5 Å². The molecule has 0 atom stereocenters. The van der Waals surface area contributed by atoms with Crippen LogP contribution < -0.4 is 0 Å². The summed E-state index contributed by atoms with van der Waals surface area (Å²) in [6.45, 7) is 9.42. The van der Waals surface area contributed by atoms with Crippen molar-refractivity contribution in [3.05, 3.63) is 54.5 Å². The lowest BCUT2D eigenvalue weighted by Gasteiger charge is -2.40. The largest absolute Gasteiger partial charge is 0.444 e. The van der Waals surface area contributed by atoms with Crippen molar-refractivity contribution < 1.29 is 9.53 Å². The fraction of sp³-hybridized carbons (Fsp3) is 0.435. The molecule has 1 amide bonds. The fourth-order valence-electron chi connectivity index (χ4n) is 3.82. The van der Waals surface area contributed by atoms with Crippen LogP contribution in [0.1, 0.15) is 46.1 Å². The summed E-state index contributed by atoms with van der Waals surface area (Å²) in [7, 11) is 0. The van der Waals surface area contributed by atoms with E-state index < -0.39 is 5.60 Å². The predicted molar refractivity (Wildman–Crippen MR) is 113 cm³/mol. The standard InChI is InChI=1S/C23H28N4O2/c1-22(2,3)29-21(28)26-13-10-23(4,11-14-26)19-7-5-17(6-8-19)18-15-24-20-9-12-25-27(20)16-18/h5-9,12,15-16H,10-11,13-14H2,1-4H3. The Labute approximate surface area is 171 Å². The molecule has 4 rings (SSSR count). The van der Waals surface area contributed by atoms with Crippen LogP contribution in [0.15, 0.2) is 48.9 Å². The highest BCUT2D eigenvalue weighted by Gasteiger charge is 2.34. The van der Waals surface area contributed by atoms with Gasteiger partial charge < -0.3 is 9.64 Å². The number of likely N-dealkylation sites (tertiary alicyclic amines) is 1. The van der Waals surface area contributed by atoms with Crippen molar-refractivity contribution in [2.24, 2.45) is 0 Å². The molecule has 0 spiro atoms. The predicted octanol–water partition coefficient (Wildman–Crippen LogP) is 4.68. The first kappa shape index (κ1) is 19.4. The van der Waals surface area contributed by atoms with Gasteiger partial charge in [-0.05, 0) is 50.2 Å². The van der Waals surface area contributed by atoms with Gasteiger partial charge >= 0.3 is 6.09 Å². The Kier molecular flexibility index (Phi) is 4.81. The summed E-state index contributed by atoms with van der Waals surface area (Å²) in [5.41, 5.74) is 3.90. The number of carbonyl (C=O) groups is 1. The third-order valence-corrected chi connectivity index (χ3v) is 5.68. The average Bonchev–Trinajstić information content (AvgIpc) is 3.15. The van der Waals surface area contributed by atoms with Crippen molar-refractivity contribution in [3.8, 4) is 11.1 Å². The van der Waals surface area contributed by atoms with Crippen molar-refractivity contribution in [2.75, 3.05) is 13.1 Å². The number of amides is 1. The van der Waals surface area contributed by atoms with Crippen LogP contribution >= 0.6 is 0 Å². The first-order valence-corrected chi connectivity index (χ1v) is 10.1. The summed E-state index contributed by atoms with van der Waals surface area (Å²) >= 11 is 0. The normalized spacial score (nSPS) is 16.8. The van der Waals surface area contributed by atoms with Crippen LogP contribution in [0.2, 0.25) is 0 Å². The molecule has 1 aliphatic rings. The van der Waals surface area contributed by atoms with E-state index in [4.69, 9.17) is 4.74 Å². The topological polar surface area (TPSA) is 59.7 Å². The maximum atomic E-state index is 12.3. The lowest BCUT2D eigenvalue weighted by atomic mass is 9.74. The molecule has 1 aromatic carbocycles. The van der Waals surface area contributed by atoms with Gasteiger partial charge in [-0.25, -0.2) is 14.3 Å². The number of nitrogens with zero attached hydrogens (tertiary/aromatic N) is 4. The zero-order chi connectivity index (χ0) is 20.6. The monoisotopic (exact) mass is 392 g/mol. The van der Waals surface area contributed by atoms with Crippen LogP contribution in [0.4, 0.5) is 4.79 Å². The van der Waals surface area contributed by atoms with Gasteiger partial charge in [0.25, 0.3) is 0 Å². The lowest BCUT2D eigenvalue weighted by Crippen LogP contribution is -2.45. The maximum Gasteiger partial charge on any atom is 0.410 e. The molecule has 1 aliphatic heterocycles. The maximum absolute atomic E-state index is 12.3. The molecule has 6 nitrogen and oxygen atoms in total. The van der Waals surface area contributed by atoms with Gasteiger partial charge in [0.15, 0.2) is 5.65 Å². The number of ether oxygens (including phenoxy) is 1. The van der Waals surface area contributed by atoms with Gasteiger partial charge in [0.05, 0.1) is 6.20 Å². The highest BCUT2D eigenvalue weighted by molar-refractivity contribution is 5.68. The number of hydrogen-bond donors (Lipinski definition) is 0. The van der Waals surface area contributed by atoms with Crippen molar-refractivity contribution >= 4 is 11.7 Å². The summed E-state index contributed by atoms with van der Waals surface area (Å²) in [6.07, 6.45) is 7.26. The number of carbonyl (C=O) groups excluding carboxylic acids is 1. The third-order valence-electron chi connectivity index (χ3n) is 5.68. The first-order chi connectivity index (χ1) is 13.7. The van der Waals surface area contributed by atoms with Crippen molar-refractivity contribution in [2.45, 2.75) is 51.6 Å². The van der Waals surface area contributed by atoms with Crippen molar-refractivity contribution in [1.82, 2.24) is 19.5 Å². The summed E-state index contributed by atoms with van der Waals surface area (Å²) < 4.78 is 7.30. The Bertz CT molecular complexity index is 1010. The Morgan fingerprint density at radius 1 is 1.07 bits per heavy atom. The zero-order valence-corrected chi connectivity index (χ0v) is 17.6. The molecule has 1 saturated heterocycles. The summed E-state index contributed by atoms with van der Waals surface area (Å²) in [4.78, 5) is 18.6. The molecule has 6 heteroatoms. The summed E-state index contributed by atoms with van der Waals surface area (Å²) in [5, 5.41) is 4.26. The van der Waals surface area contributed by atoms with E-state index in [0.29, 0.717) is 13.1 Å². The number of hydrogen-bond acceptors (Lipinski definition) is 4. The smallest absolute Gasteiger partial charge is 0.410 e. The van der Waals surface area contributed by atoms with Gasteiger partial charge in [-0.1, -0.05) is 31.2 Å². The van der Waals surface area contributed by atoms with Crippen molar-refractivity contribution in [3.63, 3.8) is 0 Å². The van der Waals surface area contributed by atoms with E-state index in [9.17, 15) is 4.79 Å². The van der Waals surface area contributed by atoms with E-state index in [1.54, 1.807) is 10.7 Å². The van der Waals surface area contributed by atoms with Gasteiger partial charge in [0.1, 0.15) is 5.60 Å². The Morgan fingerprint density at radius 3 is 2.41 bits per heavy atom. The molecule has 0 radical (unpaired) electrons. The number of aromatic nitrogens is 3. The van der Waals surface area contributed by atoms with Gasteiger partial charge in [-0.3, -0.25) is 0 Å². The van der Waals surface area contributed by atoms with Gasteiger partial charge in [0.2, 0.25) is 0 Å². The average molecular weight is 393 g/mol. The molecule has 0 aliphatic carbocycles. The van der Waals surface area contributed by atoms with Crippen LogP contribution in [0.5, 0.6) is 0 Å². The second kappa shape index (κ2) is 7.17. The van der Waals surface area contributed by atoms with E-state index in [2.05, 4.69) is 41.3 Å². The van der Waals surface area contributed by atoms with E-state index >= 15 is 0 Å². The van der Waals surface area contributed by atoms with E-state index in [1.165, 1.54) is 5.56 Å². The molecule has 3 aromatic rings. The summed E-state index contributed by atoms with van der Waals surface area (Å²) in [6, 6.07) is 10.6. The quantitative estimate of drug-likeness (QED) is 0.635. The van der Waals surface area contributed by atoms with Crippen LogP contribution in [0.3, 0.4) is 0 Å². The number of benzene rings is 1. The molecule has 29 heavy (non-hydrogen) atoms. The van der Waals surface area contributed by atoms with E-state index in [1.807, 2.05) is 44.1 Å². The second-order valence-electron chi connectivity index (χ2n) is 9.08. The van der Waals surface area contributed by atoms with Gasteiger partial charge in [0, 0.05) is 37.1 Å². The Balaban J connectivity index is 1.45. The highest BCUT2D eigenvalue weighted by Crippen LogP contribution is 2.36. The van der Waals surface area contributed by atoms with Crippen LogP contribution in [-0.4, -0.2) is 44.3 Å². The molecule has 2 aromatic heterocycles. The van der Waals surface area contributed by atoms with Gasteiger partial charge in [-0.2, -0.15) is 5.10 Å². The first-order valence-electron chi connectivity index (χ1n) is 10.1. The third kappa shape index (κ3) is 4.11. The number of fused-ring (bicyclic) bond motifs is 1.